The summed E-state index contributed by atoms with van der Waals surface area (Å²) in [5.74, 6) is -0.885. The quantitative estimate of drug-likeness (QED) is 0.781. The molecule has 1 aromatic carbocycles. The SMILES string of the molecule is N#Cc1ccc(C(=O)Nc2ccc(F)c(C34CCCC=C3COC(N)=N4)c2)nc1. The fourth-order valence-electron chi connectivity index (χ4n) is 3.72. The summed E-state index contributed by atoms with van der Waals surface area (Å²) < 4.78 is 20.2. The number of anilines is 1. The third kappa shape index (κ3) is 3.43. The normalized spacial score (nSPS) is 20.4. The van der Waals surface area contributed by atoms with Crippen LogP contribution < -0.4 is 11.1 Å². The Balaban J connectivity index is 1.68. The molecule has 0 saturated carbocycles. The lowest BCUT2D eigenvalue weighted by Crippen LogP contribution is -2.40. The molecule has 1 atom stereocenters. The summed E-state index contributed by atoms with van der Waals surface area (Å²) in [5.41, 5.74) is 7.03. The van der Waals surface area contributed by atoms with Crippen LogP contribution in [-0.4, -0.2) is 23.5 Å². The number of hydrogen-bond donors (Lipinski definition) is 2. The lowest BCUT2D eigenvalue weighted by Gasteiger charge is -2.39. The molecule has 1 amide bonds. The van der Waals surface area contributed by atoms with Crippen LogP contribution in [0.1, 0.15) is 40.9 Å². The van der Waals surface area contributed by atoms with Crippen LogP contribution in [0.5, 0.6) is 0 Å². The van der Waals surface area contributed by atoms with Gasteiger partial charge in [-0.25, -0.2) is 14.4 Å². The standard InChI is InChI=1S/C21H18FN5O2/c22-17-6-5-15(26-19(28)18-7-4-13(10-23)11-25-18)9-16(17)21-8-2-1-3-14(21)12-29-20(24)27-21/h3-7,9,11H,1-2,8,12H2,(H2,24,27)(H,26,28). The van der Waals surface area contributed by atoms with Crippen molar-refractivity contribution < 1.29 is 13.9 Å². The highest BCUT2D eigenvalue weighted by atomic mass is 19.1. The van der Waals surface area contributed by atoms with Gasteiger partial charge in [-0.2, -0.15) is 5.26 Å². The molecular formula is C21H18FN5O2. The zero-order valence-electron chi connectivity index (χ0n) is 15.5. The van der Waals surface area contributed by atoms with Gasteiger partial charge < -0.3 is 15.8 Å². The van der Waals surface area contributed by atoms with Crippen LogP contribution in [0.15, 0.2) is 53.2 Å². The Kier molecular flexibility index (Phi) is 4.72. The Morgan fingerprint density at radius 2 is 2.21 bits per heavy atom. The number of amidine groups is 1. The average Bonchev–Trinajstić information content (AvgIpc) is 2.74. The van der Waals surface area contributed by atoms with Gasteiger partial charge in [0.05, 0.1) is 5.56 Å². The van der Waals surface area contributed by atoms with Gasteiger partial charge in [0.1, 0.15) is 29.7 Å². The maximum atomic E-state index is 14.9. The van der Waals surface area contributed by atoms with Gasteiger partial charge in [-0.1, -0.05) is 6.08 Å². The number of aliphatic imine (C=N–C) groups is 1. The second kappa shape index (κ2) is 7.36. The molecule has 7 nitrogen and oxygen atoms in total. The van der Waals surface area contributed by atoms with Crippen LogP contribution in [0.2, 0.25) is 0 Å². The van der Waals surface area contributed by atoms with Crippen molar-refractivity contribution >= 4 is 17.6 Å². The Morgan fingerprint density at radius 1 is 1.34 bits per heavy atom. The molecule has 2 aliphatic rings. The summed E-state index contributed by atoms with van der Waals surface area (Å²) in [7, 11) is 0. The predicted molar refractivity (Wildman–Crippen MR) is 104 cm³/mol. The Labute approximate surface area is 166 Å². The molecule has 1 aliphatic heterocycles. The van der Waals surface area contributed by atoms with E-state index < -0.39 is 17.3 Å². The van der Waals surface area contributed by atoms with Crippen LogP contribution >= 0.6 is 0 Å². The van der Waals surface area contributed by atoms with E-state index in [4.69, 9.17) is 15.7 Å². The highest BCUT2D eigenvalue weighted by Gasteiger charge is 2.42. The molecule has 0 radical (unpaired) electrons. The summed E-state index contributed by atoms with van der Waals surface area (Å²) in [6.45, 7) is 0.264. The van der Waals surface area contributed by atoms with Crippen molar-refractivity contribution in [1.29, 1.82) is 5.26 Å². The Bertz CT molecular complexity index is 1070. The number of nitriles is 1. The monoisotopic (exact) mass is 391 g/mol. The van der Waals surface area contributed by atoms with Crippen molar-refractivity contribution in [3.8, 4) is 6.07 Å². The molecule has 0 bridgehead atoms. The first-order valence-electron chi connectivity index (χ1n) is 9.17. The van der Waals surface area contributed by atoms with E-state index in [1.165, 1.54) is 30.5 Å². The predicted octanol–water partition coefficient (Wildman–Crippen LogP) is 3.00. The topological polar surface area (TPSA) is 113 Å². The summed E-state index contributed by atoms with van der Waals surface area (Å²) in [4.78, 5) is 20.9. The number of nitrogens with two attached hydrogens (primary N) is 1. The van der Waals surface area contributed by atoms with E-state index in [2.05, 4.69) is 15.3 Å². The number of carbonyl (C=O) groups is 1. The highest BCUT2D eigenvalue weighted by Crippen LogP contribution is 2.45. The molecule has 29 heavy (non-hydrogen) atoms. The number of nitrogens with zero attached hydrogens (tertiary/aromatic N) is 3. The summed E-state index contributed by atoms with van der Waals surface area (Å²) in [6, 6.07) is 9.31. The van der Waals surface area contributed by atoms with Crippen LogP contribution in [0, 0.1) is 17.1 Å². The fourth-order valence-corrected chi connectivity index (χ4v) is 3.72. The lowest BCUT2D eigenvalue weighted by atomic mass is 9.75. The minimum absolute atomic E-state index is 0.0275. The van der Waals surface area contributed by atoms with E-state index in [1.54, 1.807) is 6.07 Å². The van der Waals surface area contributed by atoms with Gasteiger partial charge in [0.25, 0.3) is 11.9 Å². The first kappa shape index (κ1) is 18.6. The summed E-state index contributed by atoms with van der Waals surface area (Å²) in [6.07, 6.45) is 5.66. The van der Waals surface area contributed by atoms with Gasteiger partial charge in [-0.05, 0) is 55.2 Å². The van der Waals surface area contributed by atoms with Crippen molar-refractivity contribution in [2.75, 3.05) is 11.9 Å². The van der Waals surface area contributed by atoms with E-state index in [0.29, 0.717) is 23.2 Å². The zero-order chi connectivity index (χ0) is 20.4. The van der Waals surface area contributed by atoms with Gasteiger partial charge in [-0.15, -0.1) is 0 Å². The first-order valence-corrected chi connectivity index (χ1v) is 9.17. The molecule has 0 fully saturated rings. The third-order valence-corrected chi connectivity index (χ3v) is 5.14. The lowest BCUT2D eigenvalue weighted by molar-refractivity contribution is 0.102. The second-order valence-corrected chi connectivity index (χ2v) is 6.91. The van der Waals surface area contributed by atoms with Gasteiger partial charge >= 0.3 is 0 Å². The van der Waals surface area contributed by atoms with Crippen LogP contribution in [0.25, 0.3) is 0 Å². The molecule has 2 aromatic rings. The van der Waals surface area contributed by atoms with E-state index in [1.807, 2.05) is 12.1 Å². The molecule has 1 aromatic heterocycles. The highest BCUT2D eigenvalue weighted by molar-refractivity contribution is 6.02. The van der Waals surface area contributed by atoms with Crippen LogP contribution in [0.3, 0.4) is 0 Å². The number of aromatic nitrogens is 1. The minimum atomic E-state index is -0.919. The molecule has 4 rings (SSSR count). The molecule has 0 spiro atoms. The number of pyridine rings is 1. The average molecular weight is 391 g/mol. The minimum Gasteiger partial charge on any atom is -0.461 e. The largest absolute Gasteiger partial charge is 0.461 e. The van der Waals surface area contributed by atoms with Crippen LogP contribution in [0.4, 0.5) is 10.1 Å². The number of carbonyl (C=O) groups excluding carboxylic acids is 1. The van der Waals surface area contributed by atoms with Gasteiger partial charge in [0.2, 0.25) is 0 Å². The summed E-state index contributed by atoms with van der Waals surface area (Å²) >= 11 is 0. The summed E-state index contributed by atoms with van der Waals surface area (Å²) in [5, 5.41) is 11.6. The third-order valence-electron chi connectivity index (χ3n) is 5.14. The smallest absolute Gasteiger partial charge is 0.283 e. The number of hydrogen-bond acceptors (Lipinski definition) is 6. The maximum absolute atomic E-state index is 14.9. The molecule has 1 unspecified atom stereocenters. The number of nitrogens with one attached hydrogen (secondary N) is 1. The second-order valence-electron chi connectivity index (χ2n) is 6.91. The molecule has 0 saturated heterocycles. The number of benzene rings is 1. The van der Waals surface area contributed by atoms with Gasteiger partial charge in [0, 0.05) is 17.4 Å². The maximum Gasteiger partial charge on any atom is 0.283 e. The Hall–Kier alpha value is -3.73. The number of fused-ring (bicyclic) bond motifs is 1. The van der Waals surface area contributed by atoms with Crippen molar-refractivity contribution in [2.45, 2.75) is 24.8 Å². The number of rotatable bonds is 3. The van der Waals surface area contributed by atoms with Gasteiger partial charge in [-0.3, -0.25) is 4.79 Å². The molecular weight excluding hydrogens is 373 g/mol. The molecule has 2 heterocycles. The van der Waals surface area contributed by atoms with E-state index in [9.17, 15) is 9.18 Å². The van der Waals surface area contributed by atoms with E-state index >= 15 is 0 Å². The molecule has 8 heteroatoms. The zero-order valence-corrected chi connectivity index (χ0v) is 15.5. The first-order chi connectivity index (χ1) is 14.0. The number of halogens is 1. The van der Waals surface area contributed by atoms with Crippen molar-refractivity contribution in [2.24, 2.45) is 10.7 Å². The van der Waals surface area contributed by atoms with Crippen molar-refractivity contribution in [1.82, 2.24) is 4.98 Å². The number of amides is 1. The molecule has 1 aliphatic carbocycles. The number of ether oxygens (including phenoxy) is 1. The molecule has 3 N–H and O–H groups in total. The van der Waals surface area contributed by atoms with Crippen molar-refractivity contribution in [3.05, 3.63) is 70.8 Å². The Morgan fingerprint density at radius 3 is 2.97 bits per heavy atom. The van der Waals surface area contributed by atoms with Crippen molar-refractivity contribution in [3.63, 3.8) is 0 Å². The van der Waals surface area contributed by atoms with E-state index in [0.717, 1.165) is 18.4 Å². The van der Waals surface area contributed by atoms with Crippen LogP contribution in [-0.2, 0) is 10.3 Å². The van der Waals surface area contributed by atoms with Gasteiger partial charge in [0.15, 0.2) is 0 Å². The molecule has 146 valence electrons. The van der Waals surface area contributed by atoms with E-state index in [-0.39, 0.29) is 18.3 Å². The number of allylic oxidation sites excluding steroid dienone is 1. The fraction of sp³-hybridized carbons (Fsp3) is 0.238.